The third-order valence-corrected chi connectivity index (χ3v) is 3.34. The zero-order chi connectivity index (χ0) is 13.5. The monoisotopic (exact) mass is 309 g/mol. The van der Waals surface area contributed by atoms with Crippen LogP contribution in [0.3, 0.4) is 0 Å². The van der Waals surface area contributed by atoms with Crippen LogP contribution in [0, 0.1) is 6.92 Å². The molecule has 5 nitrogen and oxygen atoms in total. The highest BCUT2D eigenvalue weighted by atomic mass is 79.9. The molecule has 2 N–H and O–H groups in total. The lowest BCUT2D eigenvalue weighted by Gasteiger charge is -2.18. The Balaban J connectivity index is 2.64. The molecule has 6 heteroatoms. The highest BCUT2D eigenvalue weighted by Gasteiger charge is 2.23. The van der Waals surface area contributed by atoms with E-state index in [0.29, 0.717) is 0 Å². The van der Waals surface area contributed by atoms with Gasteiger partial charge in [0.1, 0.15) is 0 Å². The summed E-state index contributed by atoms with van der Waals surface area (Å²) in [5.41, 5.74) is 8.42. The number of rotatable bonds is 1. The smallest absolute Gasteiger partial charge is 0.162 e. The minimum Gasteiger partial charge on any atom is -0.398 e. The van der Waals surface area contributed by atoms with Gasteiger partial charge in [-0.15, -0.1) is 5.10 Å². The fourth-order valence-electron chi connectivity index (χ4n) is 1.66. The largest absolute Gasteiger partial charge is 0.398 e. The minimum absolute atomic E-state index is 0.136. The van der Waals surface area contributed by atoms with Crippen molar-refractivity contribution in [1.29, 1.82) is 0 Å². The van der Waals surface area contributed by atoms with E-state index in [-0.39, 0.29) is 5.41 Å². The molecule has 0 bridgehead atoms. The van der Waals surface area contributed by atoms with E-state index in [9.17, 15) is 0 Å². The predicted octanol–water partition coefficient (Wildman–Crippen LogP) is 2.61. The summed E-state index contributed by atoms with van der Waals surface area (Å²) in [5, 5.41) is 11.9. The van der Waals surface area contributed by atoms with Crippen molar-refractivity contribution in [2.24, 2.45) is 0 Å². The van der Waals surface area contributed by atoms with E-state index in [4.69, 9.17) is 5.73 Å². The Morgan fingerprint density at radius 2 is 1.94 bits per heavy atom. The first-order valence-electron chi connectivity index (χ1n) is 5.65. The fourth-order valence-corrected chi connectivity index (χ4v) is 2.28. The summed E-state index contributed by atoms with van der Waals surface area (Å²) in [5.74, 6) is 0.798. The van der Waals surface area contributed by atoms with E-state index in [1.165, 1.54) is 0 Å². The molecule has 18 heavy (non-hydrogen) atoms. The van der Waals surface area contributed by atoms with Crippen molar-refractivity contribution in [3.63, 3.8) is 0 Å². The highest BCUT2D eigenvalue weighted by molar-refractivity contribution is 9.10. The molecule has 1 heterocycles. The van der Waals surface area contributed by atoms with Gasteiger partial charge < -0.3 is 5.73 Å². The van der Waals surface area contributed by atoms with Crippen molar-refractivity contribution >= 4 is 21.6 Å². The van der Waals surface area contributed by atoms with Crippen molar-refractivity contribution in [2.45, 2.75) is 33.1 Å². The number of hydrogen-bond donors (Lipinski definition) is 1. The van der Waals surface area contributed by atoms with Gasteiger partial charge in [-0.2, -0.15) is 4.68 Å². The van der Waals surface area contributed by atoms with Gasteiger partial charge in [0, 0.05) is 15.6 Å². The topological polar surface area (TPSA) is 69.6 Å². The van der Waals surface area contributed by atoms with Crippen molar-refractivity contribution < 1.29 is 0 Å². The molecular weight excluding hydrogens is 294 g/mol. The number of nitrogens with two attached hydrogens (primary N) is 1. The van der Waals surface area contributed by atoms with Gasteiger partial charge in [-0.3, -0.25) is 0 Å². The van der Waals surface area contributed by atoms with E-state index in [0.717, 1.165) is 27.2 Å². The van der Waals surface area contributed by atoms with Gasteiger partial charge in [-0.1, -0.05) is 20.8 Å². The van der Waals surface area contributed by atoms with Crippen molar-refractivity contribution in [3.05, 3.63) is 28.0 Å². The predicted molar refractivity (Wildman–Crippen MR) is 74.7 cm³/mol. The maximum absolute atomic E-state index is 5.95. The van der Waals surface area contributed by atoms with E-state index < -0.39 is 0 Å². The Morgan fingerprint density at radius 1 is 1.28 bits per heavy atom. The van der Waals surface area contributed by atoms with Gasteiger partial charge in [0.05, 0.1) is 5.69 Å². The number of nitrogen functional groups attached to an aromatic ring is 1. The summed E-state index contributed by atoms with van der Waals surface area (Å²) in [6.07, 6.45) is 0. The highest BCUT2D eigenvalue weighted by Crippen LogP contribution is 2.29. The van der Waals surface area contributed by atoms with Gasteiger partial charge in [-0.25, -0.2) is 0 Å². The third-order valence-electron chi connectivity index (χ3n) is 2.70. The molecule has 0 radical (unpaired) electrons. The standard InChI is InChI=1S/C12H16BrN5/c1-7-5-8(13)10(6-9(7)14)18-11(12(2,3)4)15-16-17-18/h5-6H,14H2,1-4H3. The van der Waals surface area contributed by atoms with Gasteiger partial charge in [0.2, 0.25) is 0 Å². The first-order chi connectivity index (χ1) is 8.30. The van der Waals surface area contributed by atoms with Crippen LogP contribution in [0.25, 0.3) is 5.69 Å². The Kier molecular flexibility index (Phi) is 3.14. The maximum atomic E-state index is 5.95. The van der Waals surface area contributed by atoms with Gasteiger partial charge in [0.15, 0.2) is 5.82 Å². The van der Waals surface area contributed by atoms with Crippen LogP contribution < -0.4 is 5.73 Å². The number of hydrogen-bond acceptors (Lipinski definition) is 4. The Labute approximate surface area is 115 Å². The molecule has 0 aliphatic rings. The molecule has 2 rings (SSSR count). The lowest BCUT2D eigenvalue weighted by molar-refractivity contribution is 0.525. The molecule has 0 atom stereocenters. The maximum Gasteiger partial charge on any atom is 0.162 e. The molecule has 1 aromatic carbocycles. The lowest BCUT2D eigenvalue weighted by atomic mass is 9.95. The summed E-state index contributed by atoms with van der Waals surface area (Å²) in [6, 6.07) is 3.85. The average molecular weight is 310 g/mol. The number of benzene rings is 1. The van der Waals surface area contributed by atoms with Gasteiger partial charge in [-0.05, 0) is 51.0 Å². The molecule has 0 spiro atoms. The normalized spacial score (nSPS) is 11.8. The summed E-state index contributed by atoms with van der Waals surface area (Å²) in [4.78, 5) is 0. The molecule has 0 amide bonds. The van der Waals surface area contributed by atoms with Crippen LogP contribution >= 0.6 is 15.9 Å². The molecule has 0 saturated heterocycles. The zero-order valence-electron chi connectivity index (χ0n) is 10.9. The number of aromatic nitrogens is 4. The number of tetrazole rings is 1. The van der Waals surface area contributed by atoms with Crippen molar-refractivity contribution in [3.8, 4) is 5.69 Å². The molecule has 0 aliphatic heterocycles. The Hall–Kier alpha value is -1.43. The number of halogens is 1. The van der Waals surface area contributed by atoms with Gasteiger partial charge in [0.25, 0.3) is 0 Å². The van der Waals surface area contributed by atoms with Crippen molar-refractivity contribution in [1.82, 2.24) is 20.2 Å². The quantitative estimate of drug-likeness (QED) is 0.822. The van der Waals surface area contributed by atoms with Crippen LogP contribution in [0.15, 0.2) is 16.6 Å². The molecule has 0 unspecified atom stereocenters. The molecule has 96 valence electrons. The fraction of sp³-hybridized carbons (Fsp3) is 0.417. The first kappa shape index (κ1) is 13.0. The second-order valence-corrected chi connectivity index (χ2v) is 6.18. The molecule has 1 aromatic heterocycles. The lowest BCUT2D eigenvalue weighted by Crippen LogP contribution is -2.19. The molecular formula is C12H16BrN5. The third kappa shape index (κ3) is 2.25. The van der Waals surface area contributed by atoms with E-state index >= 15 is 0 Å². The SMILES string of the molecule is Cc1cc(Br)c(-n2nnnc2C(C)(C)C)cc1N. The van der Waals surface area contributed by atoms with Crippen LogP contribution in [0.2, 0.25) is 0 Å². The van der Waals surface area contributed by atoms with Crippen LogP contribution in [-0.4, -0.2) is 20.2 Å². The zero-order valence-corrected chi connectivity index (χ0v) is 12.5. The van der Waals surface area contributed by atoms with Crippen molar-refractivity contribution in [2.75, 3.05) is 5.73 Å². The number of anilines is 1. The molecule has 0 fully saturated rings. The molecule has 0 saturated carbocycles. The summed E-state index contributed by atoms with van der Waals surface area (Å²) in [7, 11) is 0. The molecule has 2 aromatic rings. The van der Waals surface area contributed by atoms with E-state index in [1.807, 2.05) is 19.1 Å². The first-order valence-corrected chi connectivity index (χ1v) is 6.45. The summed E-state index contributed by atoms with van der Waals surface area (Å²) < 4.78 is 2.65. The summed E-state index contributed by atoms with van der Waals surface area (Å²) >= 11 is 3.53. The van der Waals surface area contributed by atoms with Crippen LogP contribution in [0.5, 0.6) is 0 Å². The number of nitrogens with zero attached hydrogens (tertiary/aromatic N) is 4. The summed E-state index contributed by atoms with van der Waals surface area (Å²) in [6.45, 7) is 8.18. The van der Waals surface area contributed by atoms with Crippen LogP contribution in [-0.2, 0) is 5.41 Å². The molecule has 0 aliphatic carbocycles. The average Bonchev–Trinajstić information content (AvgIpc) is 2.71. The van der Waals surface area contributed by atoms with Crippen LogP contribution in [0.1, 0.15) is 32.2 Å². The Morgan fingerprint density at radius 3 is 2.56 bits per heavy atom. The Bertz CT molecular complexity index is 583. The van der Waals surface area contributed by atoms with Crippen LogP contribution in [0.4, 0.5) is 5.69 Å². The minimum atomic E-state index is -0.136. The number of aryl methyl sites for hydroxylation is 1. The second kappa shape index (κ2) is 4.35. The second-order valence-electron chi connectivity index (χ2n) is 5.32. The van der Waals surface area contributed by atoms with E-state index in [1.54, 1.807) is 4.68 Å². The van der Waals surface area contributed by atoms with Gasteiger partial charge >= 0.3 is 0 Å². The van der Waals surface area contributed by atoms with E-state index in [2.05, 4.69) is 52.2 Å².